The van der Waals surface area contributed by atoms with Crippen molar-refractivity contribution in [3.63, 3.8) is 0 Å². The second kappa shape index (κ2) is 7.41. The minimum Gasteiger partial charge on any atom is -0.383 e. The van der Waals surface area contributed by atoms with Gasteiger partial charge in [-0.2, -0.15) is 10.2 Å². The van der Waals surface area contributed by atoms with Crippen molar-refractivity contribution >= 4 is 33.6 Å². The van der Waals surface area contributed by atoms with Crippen molar-refractivity contribution in [1.82, 2.24) is 35.2 Å². The Bertz CT molecular complexity index is 1600. The summed E-state index contributed by atoms with van der Waals surface area (Å²) >= 11 is 0. The number of nitrogens with two attached hydrogens (primary N) is 2. The van der Waals surface area contributed by atoms with Gasteiger partial charge < -0.3 is 16.0 Å². The van der Waals surface area contributed by atoms with Crippen molar-refractivity contribution in [2.24, 2.45) is 0 Å². The third kappa shape index (κ3) is 3.23. The van der Waals surface area contributed by atoms with E-state index in [0.29, 0.717) is 11.6 Å². The fraction of sp³-hybridized carbons (Fsp3) is 0.0417. The van der Waals surface area contributed by atoms with E-state index in [1.165, 1.54) is 5.56 Å². The van der Waals surface area contributed by atoms with E-state index < -0.39 is 0 Å². The minimum absolute atomic E-state index is 0.178. The van der Waals surface area contributed by atoms with E-state index >= 15 is 0 Å². The van der Waals surface area contributed by atoms with Crippen molar-refractivity contribution in [2.45, 2.75) is 6.54 Å². The molecule has 0 atom stereocenters. The zero-order valence-electron chi connectivity index (χ0n) is 17.5. The van der Waals surface area contributed by atoms with E-state index in [1.807, 2.05) is 36.4 Å². The third-order valence-electron chi connectivity index (χ3n) is 5.79. The lowest BCUT2D eigenvalue weighted by Crippen LogP contribution is -2.01. The van der Waals surface area contributed by atoms with Crippen LogP contribution in [0.1, 0.15) is 5.56 Å². The highest BCUT2D eigenvalue weighted by molar-refractivity contribution is 6.07. The number of rotatable bonds is 4. The van der Waals surface area contributed by atoms with Crippen molar-refractivity contribution in [1.29, 1.82) is 0 Å². The number of anilines is 2. The number of nitrogens with one attached hydrogen (secondary N) is 1. The van der Waals surface area contributed by atoms with Crippen LogP contribution in [0.15, 0.2) is 72.9 Å². The summed E-state index contributed by atoms with van der Waals surface area (Å²) in [6, 6.07) is 22.6. The largest absolute Gasteiger partial charge is 0.383 e. The minimum atomic E-state index is 0.178. The van der Waals surface area contributed by atoms with Crippen LogP contribution in [-0.2, 0) is 6.54 Å². The van der Waals surface area contributed by atoms with E-state index in [1.54, 1.807) is 0 Å². The zero-order chi connectivity index (χ0) is 22.4. The third-order valence-corrected chi connectivity index (χ3v) is 5.79. The first kappa shape index (κ1) is 18.9. The van der Waals surface area contributed by atoms with Crippen molar-refractivity contribution in [3.8, 4) is 22.5 Å². The molecule has 0 saturated heterocycles. The Morgan fingerprint density at radius 3 is 2.42 bits per heavy atom. The van der Waals surface area contributed by atoms with Gasteiger partial charge in [0.2, 0.25) is 11.8 Å². The molecule has 0 aliphatic rings. The number of fused-ring (bicyclic) bond motifs is 3. The van der Waals surface area contributed by atoms with Crippen LogP contribution in [0.2, 0.25) is 0 Å². The Balaban J connectivity index is 1.34. The Kier molecular flexibility index (Phi) is 4.25. The second-order valence-electron chi connectivity index (χ2n) is 7.78. The molecule has 0 aliphatic carbocycles. The smallest absolute Gasteiger partial charge is 0.222 e. The number of aromatic nitrogens is 7. The molecule has 0 aliphatic heterocycles. The molecule has 33 heavy (non-hydrogen) atoms. The Hall–Kier alpha value is -4.79. The van der Waals surface area contributed by atoms with Gasteiger partial charge in [0.15, 0.2) is 0 Å². The molecule has 6 aromatic rings. The van der Waals surface area contributed by atoms with Crippen LogP contribution in [0.3, 0.4) is 0 Å². The summed E-state index contributed by atoms with van der Waals surface area (Å²) in [4.78, 5) is 8.48. The van der Waals surface area contributed by atoms with Crippen LogP contribution in [0.5, 0.6) is 0 Å². The van der Waals surface area contributed by atoms with Crippen molar-refractivity contribution in [2.75, 3.05) is 11.5 Å². The van der Waals surface area contributed by atoms with Crippen LogP contribution in [-0.4, -0.2) is 35.2 Å². The number of benzene rings is 3. The van der Waals surface area contributed by atoms with E-state index in [2.05, 4.69) is 71.7 Å². The summed E-state index contributed by atoms with van der Waals surface area (Å²) < 4.78 is 2.19. The maximum absolute atomic E-state index is 6.03. The molecular formula is C24H19N9. The van der Waals surface area contributed by atoms with Crippen LogP contribution in [0.4, 0.5) is 11.8 Å². The summed E-state index contributed by atoms with van der Waals surface area (Å²) in [7, 11) is 0. The average molecular weight is 433 g/mol. The predicted octanol–water partition coefficient (Wildman–Crippen LogP) is 3.64. The first-order valence-corrected chi connectivity index (χ1v) is 10.4. The molecule has 5 N–H and O–H groups in total. The predicted molar refractivity (Wildman–Crippen MR) is 128 cm³/mol. The van der Waals surface area contributed by atoms with E-state index in [-0.39, 0.29) is 5.95 Å². The van der Waals surface area contributed by atoms with Gasteiger partial charge in [-0.05, 0) is 40.1 Å². The van der Waals surface area contributed by atoms with E-state index in [0.717, 1.165) is 45.0 Å². The van der Waals surface area contributed by atoms with Gasteiger partial charge in [-0.25, -0.2) is 4.98 Å². The Labute approximate surface area is 188 Å². The van der Waals surface area contributed by atoms with Gasteiger partial charge in [0, 0.05) is 29.1 Å². The molecule has 9 heteroatoms. The van der Waals surface area contributed by atoms with Gasteiger partial charge in [-0.3, -0.25) is 0 Å². The van der Waals surface area contributed by atoms with Gasteiger partial charge in [0.05, 0.1) is 11.0 Å². The lowest BCUT2D eigenvalue weighted by molar-refractivity contribution is 0.837. The number of aromatic amines is 1. The molecule has 0 unspecified atom stereocenters. The fourth-order valence-corrected chi connectivity index (χ4v) is 4.24. The SMILES string of the molecule is Nc1nc(N)c2ccc3c(ccn3Cc3ccc(-c4ccccc4-c4nn[nH]n4)cc3)c2n1. The van der Waals surface area contributed by atoms with E-state index in [9.17, 15) is 0 Å². The highest BCUT2D eigenvalue weighted by Crippen LogP contribution is 2.31. The molecule has 0 saturated carbocycles. The van der Waals surface area contributed by atoms with Crippen molar-refractivity contribution < 1.29 is 0 Å². The average Bonchev–Trinajstić information content (AvgIpc) is 3.50. The van der Waals surface area contributed by atoms with Crippen LogP contribution in [0, 0.1) is 0 Å². The first-order chi connectivity index (χ1) is 16.2. The number of hydrogen-bond donors (Lipinski definition) is 3. The highest BCUT2D eigenvalue weighted by Gasteiger charge is 2.12. The topological polar surface area (TPSA) is 137 Å². The molecule has 6 rings (SSSR count). The molecule has 0 radical (unpaired) electrons. The standard InChI is InChI=1S/C24H19N9/c25-22-19-9-10-20-18(21(19)27-24(26)28-22)11-12-33(20)13-14-5-7-15(8-6-14)16-3-1-2-4-17(16)23-29-31-32-30-23/h1-12H,13H2,(H4,25,26,27,28)(H,29,30,31,32). The lowest BCUT2D eigenvalue weighted by Gasteiger charge is -2.10. The molecule has 3 heterocycles. The normalized spacial score (nSPS) is 11.4. The molecule has 160 valence electrons. The Morgan fingerprint density at radius 1 is 0.818 bits per heavy atom. The lowest BCUT2D eigenvalue weighted by atomic mass is 9.98. The number of hydrogen-bond acceptors (Lipinski definition) is 7. The highest BCUT2D eigenvalue weighted by atomic mass is 15.5. The van der Waals surface area contributed by atoms with Crippen LogP contribution in [0.25, 0.3) is 44.3 Å². The monoisotopic (exact) mass is 433 g/mol. The number of H-pyrrole nitrogens is 1. The van der Waals surface area contributed by atoms with Crippen molar-refractivity contribution in [3.05, 3.63) is 78.5 Å². The molecule has 9 nitrogen and oxygen atoms in total. The maximum atomic E-state index is 6.03. The zero-order valence-corrected chi connectivity index (χ0v) is 17.5. The molecule has 0 spiro atoms. The molecule has 0 amide bonds. The molecular weight excluding hydrogens is 414 g/mol. The summed E-state index contributed by atoms with van der Waals surface area (Å²) in [6.45, 7) is 0.720. The molecule has 0 fully saturated rings. The number of nitrogens with zero attached hydrogens (tertiary/aromatic N) is 6. The first-order valence-electron chi connectivity index (χ1n) is 10.4. The van der Waals surface area contributed by atoms with E-state index in [4.69, 9.17) is 11.5 Å². The summed E-state index contributed by atoms with van der Waals surface area (Å²) in [6.07, 6.45) is 2.05. The Morgan fingerprint density at radius 2 is 1.64 bits per heavy atom. The van der Waals surface area contributed by atoms with Gasteiger partial charge in [-0.15, -0.1) is 10.2 Å². The molecule has 0 bridgehead atoms. The molecule has 3 aromatic carbocycles. The van der Waals surface area contributed by atoms with Gasteiger partial charge in [-0.1, -0.05) is 48.5 Å². The van der Waals surface area contributed by atoms with Gasteiger partial charge in [0.25, 0.3) is 0 Å². The summed E-state index contributed by atoms with van der Waals surface area (Å²) in [5.74, 6) is 1.14. The summed E-state index contributed by atoms with van der Waals surface area (Å²) in [5, 5.41) is 16.3. The number of nitrogen functional groups attached to an aromatic ring is 2. The van der Waals surface area contributed by atoms with Gasteiger partial charge in [0.1, 0.15) is 5.82 Å². The quantitative estimate of drug-likeness (QED) is 0.386. The molecule has 3 aromatic heterocycles. The fourth-order valence-electron chi connectivity index (χ4n) is 4.24. The summed E-state index contributed by atoms with van der Waals surface area (Å²) in [5.41, 5.74) is 17.9. The maximum Gasteiger partial charge on any atom is 0.222 e. The second-order valence-corrected chi connectivity index (χ2v) is 7.78. The number of tetrazole rings is 1. The van der Waals surface area contributed by atoms with Gasteiger partial charge >= 0.3 is 0 Å². The van der Waals surface area contributed by atoms with Crippen LogP contribution < -0.4 is 11.5 Å². The van der Waals surface area contributed by atoms with Crippen LogP contribution >= 0.6 is 0 Å².